The maximum absolute atomic E-state index is 11.4. The van der Waals surface area contributed by atoms with Gasteiger partial charge in [0, 0.05) is 3.57 Å². The first-order valence-corrected chi connectivity index (χ1v) is 7.74. The largest absolute Gasteiger partial charge is 0.482 e. The lowest BCUT2D eigenvalue weighted by molar-refractivity contribution is -0.118. The lowest BCUT2D eigenvalue weighted by Crippen LogP contribution is -2.26. The minimum Gasteiger partial charge on any atom is -0.482 e. The number of hydrogen-bond donors (Lipinski definition) is 2. The van der Waals surface area contributed by atoms with Crippen molar-refractivity contribution in [3.05, 3.63) is 57.2 Å². The van der Waals surface area contributed by atoms with Crippen LogP contribution in [-0.4, -0.2) is 19.6 Å². The summed E-state index contributed by atoms with van der Waals surface area (Å²) in [5.41, 5.74) is 3.00. The number of nitrogens with one attached hydrogen (secondary N) is 2. The molecule has 21 heavy (non-hydrogen) atoms. The average molecular weight is 394 g/mol. The minimum absolute atomic E-state index is 0.0751. The second kappa shape index (κ2) is 6.03. The molecule has 4 nitrogen and oxygen atoms in total. The third-order valence-corrected chi connectivity index (χ3v) is 4.18. The Hall–Kier alpha value is -1.60. The molecule has 0 bridgehead atoms. The summed E-state index contributed by atoms with van der Waals surface area (Å²) in [5, 5.41) is 6.16. The number of amides is 1. The number of benzene rings is 2. The summed E-state index contributed by atoms with van der Waals surface area (Å²) < 4.78 is 6.60. The Labute approximate surface area is 137 Å². The van der Waals surface area contributed by atoms with Crippen LogP contribution in [0.4, 0.5) is 5.69 Å². The maximum Gasteiger partial charge on any atom is 0.262 e. The van der Waals surface area contributed by atoms with E-state index in [1.165, 1.54) is 9.13 Å². The van der Waals surface area contributed by atoms with Crippen LogP contribution in [-0.2, 0) is 4.79 Å². The van der Waals surface area contributed by atoms with Crippen LogP contribution in [0.3, 0.4) is 0 Å². The van der Waals surface area contributed by atoms with Crippen LogP contribution in [0.15, 0.2) is 42.5 Å². The smallest absolute Gasteiger partial charge is 0.262 e. The SMILES string of the molecule is CNC(c1ccc(I)cc1)c1ccc2c(c1)NC(=O)CO2. The van der Waals surface area contributed by atoms with Gasteiger partial charge in [-0.25, -0.2) is 0 Å². The molecule has 1 atom stereocenters. The van der Waals surface area contributed by atoms with E-state index in [2.05, 4.69) is 57.5 Å². The number of anilines is 1. The number of halogens is 1. The van der Waals surface area contributed by atoms with Gasteiger partial charge >= 0.3 is 0 Å². The first-order chi connectivity index (χ1) is 10.2. The fraction of sp³-hybridized carbons (Fsp3) is 0.188. The third-order valence-electron chi connectivity index (χ3n) is 3.46. The molecule has 0 saturated carbocycles. The molecule has 0 spiro atoms. The monoisotopic (exact) mass is 394 g/mol. The van der Waals surface area contributed by atoms with E-state index in [1.807, 2.05) is 25.2 Å². The first-order valence-electron chi connectivity index (χ1n) is 6.66. The van der Waals surface area contributed by atoms with Gasteiger partial charge in [0.15, 0.2) is 6.61 Å². The van der Waals surface area contributed by atoms with Crippen molar-refractivity contribution in [3.63, 3.8) is 0 Å². The molecule has 1 aliphatic heterocycles. The Morgan fingerprint density at radius 1 is 1.19 bits per heavy atom. The molecule has 0 saturated heterocycles. The highest BCUT2D eigenvalue weighted by Gasteiger charge is 2.19. The van der Waals surface area contributed by atoms with Crippen molar-refractivity contribution in [2.75, 3.05) is 19.0 Å². The van der Waals surface area contributed by atoms with Crippen LogP contribution in [0.25, 0.3) is 0 Å². The molecule has 3 rings (SSSR count). The van der Waals surface area contributed by atoms with Crippen molar-refractivity contribution < 1.29 is 9.53 Å². The van der Waals surface area contributed by atoms with Crippen LogP contribution >= 0.6 is 22.6 Å². The molecule has 0 fully saturated rings. The zero-order valence-corrected chi connectivity index (χ0v) is 13.7. The van der Waals surface area contributed by atoms with Gasteiger partial charge in [0.2, 0.25) is 0 Å². The van der Waals surface area contributed by atoms with Crippen molar-refractivity contribution in [3.8, 4) is 5.75 Å². The Bertz CT molecular complexity index is 670. The molecule has 108 valence electrons. The highest BCUT2D eigenvalue weighted by molar-refractivity contribution is 14.1. The van der Waals surface area contributed by atoms with Gasteiger partial charge in [0.05, 0.1) is 11.7 Å². The Morgan fingerprint density at radius 3 is 2.62 bits per heavy atom. The molecular weight excluding hydrogens is 379 g/mol. The van der Waals surface area contributed by atoms with Gasteiger partial charge in [0.1, 0.15) is 5.75 Å². The zero-order chi connectivity index (χ0) is 14.8. The van der Waals surface area contributed by atoms with Crippen LogP contribution in [0.2, 0.25) is 0 Å². The summed E-state index contributed by atoms with van der Waals surface area (Å²) in [6.07, 6.45) is 0. The Morgan fingerprint density at radius 2 is 1.90 bits per heavy atom. The van der Waals surface area contributed by atoms with E-state index in [1.54, 1.807) is 0 Å². The first kappa shape index (κ1) is 14.3. The molecule has 0 aromatic heterocycles. The number of carbonyl (C=O) groups excluding carboxylic acids is 1. The topological polar surface area (TPSA) is 50.4 Å². The number of rotatable bonds is 3. The van der Waals surface area contributed by atoms with E-state index in [0.29, 0.717) is 0 Å². The van der Waals surface area contributed by atoms with Gasteiger partial charge < -0.3 is 15.4 Å². The number of hydrogen-bond acceptors (Lipinski definition) is 3. The fourth-order valence-corrected chi connectivity index (χ4v) is 2.82. The summed E-state index contributed by atoms with van der Waals surface area (Å²) in [6, 6.07) is 14.4. The van der Waals surface area contributed by atoms with E-state index in [9.17, 15) is 4.79 Å². The van der Waals surface area contributed by atoms with Gasteiger partial charge in [-0.05, 0) is 65.0 Å². The number of fused-ring (bicyclic) bond motifs is 1. The molecule has 2 aromatic carbocycles. The Kier molecular flexibility index (Phi) is 4.12. The zero-order valence-electron chi connectivity index (χ0n) is 11.5. The summed E-state index contributed by atoms with van der Waals surface area (Å²) >= 11 is 2.29. The van der Waals surface area contributed by atoms with Gasteiger partial charge in [0.25, 0.3) is 5.91 Å². The van der Waals surface area contributed by atoms with Crippen molar-refractivity contribution in [2.45, 2.75) is 6.04 Å². The van der Waals surface area contributed by atoms with Crippen molar-refractivity contribution in [2.24, 2.45) is 0 Å². The summed E-state index contributed by atoms with van der Waals surface area (Å²) in [5.74, 6) is 0.603. The lowest BCUT2D eigenvalue weighted by atomic mass is 9.98. The Balaban J connectivity index is 1.96. The second-order valence-corrected chi connectivity index (χ2v) is 6.11. The van der Waals surface area contributed by atoms with Crippen LogP contribution in [0.5, 0.6) is 5.75 Å². The standard InChI is InChI=1S/C16H15IN2O2/c1-18-16(10-2-5-12(17)6-3-10)11-4-7-14-13(8-11)19-15(20)9-21-14/h2-8,16,18H,9H2,1H3,(H,19,20). The summed E-state index contributed by atoms with van der Waals surface area (Å²) in [6.45, 7) is 0.0823. The van der Waals surface area contributed by atoms with E-state index in [4.69, 9.17) is 4.74 Å². The second-order valence-electron chi connectivity index (χ2n) is 4.87. The van der Waals surface area contributed by atoms with Crippen LogP contribution in [0, 0.1) is 3.57 Å². The molecular formula is C16H15IN2O2. The molecule has 1 aliphatic rings. The van der Waals surface area contributed by atoms with Crippen LogP contribution < -0.4 is 15.4 Å². The predicted octanol–water partition coefficient (Wildman–Crippen LogP) is 2.93. The van der Waals surface area contributed by atoms with Crippen molar-refractivity contribution in [1.29, 1.82) is 0 Å². The molecule has 5 heteroatoms. The van der Waals surface area contributed by atoms with E-state index >= 15 is 0 Å². The van der Waals surface area contributed by atoms with E-state index < -0.39 is 0 Å². The van der Waals surface area contributed by atoms with Crippen molar-refractivity contribution in [1.82, 2.24) is 5.32 Å². The van der Waals surface area contributed by atoms with Crippen LogP contribution in [0.1, 0.15) is 17.2 Å². The highest BCUT2D eigenvalue weighted by Crippen LogP contribution is 2.32. The summed E-state index contributed by atoms with van der Waals surface area (Å²) in [7, 11) is 1.93. The molecule has 0 radical (unpaired) electrons. The van der Waals surface area contributed by atoms with E-state index in [0.717, 1.165) is 17.0 Å². The molecule has 2 N–H and O–H groups in total. The molecule has 1 unspecified atom stereocenters. The molecule has 1 heterocycles. The fourth-order valence-electron chi connectivity index (χ4n) is 2.46. The van der Waals surface area contributed by atoms with Gasteiger partial charge in [-0.1, -0.05) is 18.2 Å². The summed E-state index contributed by atoms with van der Waals surface area (Å²) in [4.78, 5) is 11.4. The highest BCUT2D eigenvalue weighted by atomic mass is 127. The predicted molar refractivity (Wildman–Crippen MR) is 90.6 cm³/mol. The number of ether oxygens (including phenoxy) is 1. The average Bonchev–Trinajstić information content (AvgIpc) is 2.49. The van der Waals surface area contributed by atoms with Gasteiger partial charge in [-0.2, -0.15) is 0 Å². The minimum atomic E-state index is -0.116. The van der Waals surface area contributed by atoms with Crippen molar-refractivity contribution >= 4 is 34.2 Å². The maximum atomic E-state index is 11.4. The number of carbonyl (C=O) groups is 1. The lowest BCUT2D eigenvalue weighted by Gasteiger charge is -2.22. The molecule has 1 amide bonds. The van der Waals surface area contributed by atoms with E-state index in [-0.39, 0.29) is 18.6 Å². The quantitative estimate of drug-likeness (QED) is 0.788. The van der Waals surface area contributed by atoms with Gasteiger partial charge in [-0.3, -0.25) is 4.79 Å². The molecule has 2 aromatic rings. The third kappa shape index (κ3) is 3.03. The normalized spacial score (nSPS) is 14.9. The van der Waals surface area contributed by atoms with Gasteiger partial charge in [-0.15, -0.1) is 0 Å². The molecule has 0 aliphatic carbocycles.